The summed E-state index contributed by atoms with van der Waals surface area (Å²) < 4.78 is 17.6. The molecular weight excluding hydrogens is 263 g/mol. The number of hydrogen-bond donors (Lipinski definition) is 2. The van der Waals surface area contributed by atoms with E-state index in [1.54, 1.807) is 6.07 Å². The van der Waals surface area contributed by atoms with E-state index in [0.717, 1.165) is 6.07 Å². The quantitative estimate of drug-likeness (QED) is 0.812. The van der Waals surface area contributed by atoms with E-state index in [2.05, 4.69) is 4.74 Å². The third kappa shape index (κ3) is 3.58. The minimum absolute atomic E-state index is 0. The van der Waals surface area contributed by atoms with Crippen LogP contribution in [0.15, 0.2) is 12.1 Å². The minimum atomic E-state index is -0.945. The zero-order chi connectivity index (χ0) is 13.0. The third-order valence-electron chi connectivity index (χ3n) is 2.24. The minimum Gasteiger partial charge on any atom is -0.505 e. The Labute approximate surface area is 109 Å². The average Bonchev–Trinajstić information content (AvgIpc) is 2.31. The Kier molecular flexibility index (Phi) is 6.09. The highest BCUT2D eigenvalue weighted by molar-refractivity contribution is 5.85. The number of halogens is 2. The molecule has 0 bridgehead atoms. The lowest BCUT2D eigenvalue weighted by molar-refractivity contribution is -0.141. The lowest BCUT2D eigenvalue weighted by Gasteiger charge is -2.13. The fourth-order valence-corrected chi connectivity index (χ4v) is 1.34. The van der Waals surface area contributed by atoms with Crippen LogP contribution < -0.4 is 5.73 Å². The number of benzene rings is 1. The van der Waals surface area contributed by atoms with E-state index in [4.69, 9.17) is 11.0 Å². The highest BCUT2D eigenvalue weighted by Gasteiger charge is 2.19. The topological polar surface area (TPSA) is 96.3 Å². The van der Waals surface area contributed by atoms with Crippen molar-refractivity contribution in [3.05, 3.63) is 29.1 Å². The van der Waals surface area contributed by atoms with E-state index in [-0.39, 0.29) is 30.0 Å². The molecule has 1 atom stereocenters. The first-order valence-corrected chi connectivity index (χ1v) is 4.74. The van der Waals surface area contributed by atoms with E-state index >= 15 is 0 Å². The first-order valence-electron chi connectivity index (χ1n) is 4.74. The number of phenolic OH excluding ortho intramolecular Hbond substituents is 1. The lowest BCUT2D eigenvalue weighted by atomic mass is 10.0. The molecular formula is C11H12ClFN2O3. The number of nitrogens with two attached hydrogens (primary N) is 1. The van der Waals surface area contributed by atoms with Crippen molar-refractivity contribution in [3.63, 3.8) is 0 Å². The maximum absolute atomic E-state index is 13.2. The van der Waals surface area contributed by atoms with Gasteiger partial charge in [-0.15, -0.1) is 12.4 Å². The predicted molar refractivity (Wildman–Crippen MR) is 63.6 cm³/mol. The zero-order valence-corrected chi connectivity index (χ0v) is 10.3. The number of carbonyl (C=O) groups is 1. The number of rotatable bonds is 3. The van der Waals surface area contributed by atoms with Crippen molar-refractivity contribution in [2.75, 3.05) is 7.11 Å². The molecule has 5 nitrogen and oxygen atoms in total. The van der Waals surface area contributed by atoms with Crippen LogP contribution in [0.3, 0.4) is 0 Å². The van der Waals surface area contributed by atoms with Crippen molar-refractivity contribution < 1.29 is 19.0 Å². The maximum atomic E-state index is 13.2. The summed E-state index contributed by atoms with van der Waals surface area (Å²) >= 11 is 0. The van der Waals surface area contributed by atoms with Crippen LogP contribution in [0.1, 0.15) is 23.6 Å². The van der Waals surface area contributed by atoms with Gasteiger partial charge in [-0.3, -0.25) is 4.79 Å². The standard InChI is InChI=1S/C11H11FN2O3.ClH/c1-17-10(15)4-9(14)7-2-6(5-13)3-8(12)11(7)16;/h2-3,9,16H,4,14H2,1H3;1H/t9-;/m0./s1. The summed E-state index contributed by atoms with van der Waals surface area (Å²) in [6, 6.07) is 2.94. The Morgan fingerprint density at radius 3 is 2.78 bits per heavy atom. The first-order chi connectivity index (χ1) is 7.99. The van der Waals surface area contributed by atoms with E-state index in [9.17, 15) is 14.3 Å². The molecule has 0 fully saturated rings. The molecule has 3 N–H and O–H groups in total. The smallest absolute Gasteiger partial charge is 0.307 e. The van der Waals surface area contributed by atoms with E-state index in [0.29, 0.717) is 0 Å². The van der Waals surface area contributed by atoms with Crippen LogP contribution in [0.25, 0.3) is 0 Å². The third-order valence-corrected chi connectivity index (χ3v) is 2.24. The second-order valence-electron chi connectivity index (χ2n) is 3.39. The van der Waals surface area contributed by atoms with Crippen LogP contribution in [0.4, 0.5) is 4.39 Å². The Bertz CT molecular complexity index is 488. The molecule has 1 aromatic rings. The fraction of sp³-hybridized carbons (Fsp3) is 0.273. The lowest BCUT2D eigenvalue weighted by Crippen LogP contribution is -2.17. The van der Waals surface area contributed by atoms with Gasteiger partial charge in [-0.1, -0.05) is 0 Å². The molecule has 0 saturated carbocycles. The van der Waals surface area contributed by atoms with Crippen molar-refractivity contribution in [3.8, 4) is 11.8 Å². The highest BCUT2D eigenvalue weighted by Crippen LogP contribution is 2.29. The Balaban J connectivity index is 0.00000289. The molecule has 0 aliphatic rings. The Morgan fingerprint density at radius 1 is 1.67 bits per heavy atom. The molecule has 0 aliphatic carbocycles. The van der Waals surface area contributed by atoms with Gasteiger partial charge in [0.15, 0.2) is 11.6 Å². The zero-order valence-electron chi connectivity index (χ0n) is 9.51. The number of aromatic hydroxyl groups is 1. The molecule has 7 heteroatoms. The number of esters is 1. The molecule has 0 unspecified atom stereocenters. The van der Waals surface area contributed by atoms with Crippen molar-refractivity contribution in [1.82, 2.24) is 0 Å². The summed E-state index contributed by atoms with van der Waals surface area (Å²) in [4.78, 5) is 11.0. The summed E-state index contributed by atoms with van der Waals surface area (Å²) in [7, 11) is 1.20. The molecule has 1 aromatic carbocycles. The van der Waals surface area contributed by atoms with Crippen LogP contribution in [-0.4, -0.2) is 18.2 Å². The summed E-state index contributed by atoms with van der Waals surface area (Å²) in [6.07, 6.45) is -0.210. The number of methoxy groups -OCH3 is 1. The second-order valence-corrected chi connectivity index (χ2v) is 3.39. The number of nitrogens with zero attached hydrogens (tertiary/aromatic N) is 1. The molecule has 18 heavy (non-hydrogen) atoms. The second kappa shape index (κ2) is 6.79. The SMILES string of the molecule is COC(=O)C[C@H](N)c1cc(C#N)cc(F)c1O.Cl. The van der Waals surface area contributed by atoms with E-state index in [1.165, 1.54) is 13.2 Å². The van der Waals surface area contributed by atoms with Crippen LogP contribution in [0.2, 0.25) is 0 Å². The van der Waals surface area contributed by atoms with Crippen molar-refractivity contribution in [1.29, 1.82) is 5.26 Å². The van der Waals surface area contributed by atoms with Gasteiger partial charge in [0, 0.05) is 11.6 Å². The van der Waals surface area contributed by atoms with Crippen LogP contribution in [-0.2, 0) is 9.53 Å². The van der Waals surface area contributed by atoms with Gasteiger partial charge in [-0.2, -0.15) is 5.26 Å². The number of phenols is 1. The molecule has 1 rings (SSSR count). The Hall–Kier alpha value is -1.84. The predicted octanol–water partition coefficient (Wildman–Crippen LogP) is 1.39. The van der Waals surface area contributed by atoms with Crippen molar-refractivity contribution in [2.45, 2.75) is 12.5 Å². The van der Waals surface area contributed by atoms with Crippen molar-refractivity contribution in [2.24, 2.45) is 5.73 Å². The van der Waals surface area contributed by atoms with E-state index < -0.39 is 23.6 Å². The summed E-state index contributed by atoms with van der Waals surface area (Å²) in [5.74, 6) is -2.18. The monoisotopic (exact) mass is 274 g/mol. The largest absolute Gasteiger partial charge is 0.505 e. The molecule has 98 valence electrons. The van der Waals surface area contributed by atoms with Gasteiger partial charge in [0.2, 0.25) is 0 Å². The average molecular weight is 275 g/mol. The van der Waals surface area contributed by atoms with Crippen molar-refractivity contribution >= 4 is 18.4 Å². The summed E-state index contributed by atoms with van der Waals surface area (Å²) in [5, 5.41) is 18.1. The van der Waals surface area contributed by atoms with Gasteiger partial charge in [0.1, 0.15) is 0 Å². The summed E-state index contributed by atoms with van der Waals surface area (Å²) in [5.41, 5.74) is 5.66. The van der Waals surface area contributed by atoms with Crippen LogP contribution in [0, 0.1) is 17.1 Å². The van der Waals surface area contributed by atoms with Gasteiger partial charge in [0.05, 0.1) is 25.2 Å². The number of ether oxygens (including phenoxy) is 1. The van der Waals surface area contributed by atoms with Crippen LogP contribution in [0.5, 0.6) is 5.75 Å². The van der Waals surface area contributed by atoms with Gasteiger partial charge in [0.25, 0.3) is 0 Å². The van der Waals surface area contributed by atoms with E-state index in [1.807, 2.05) is 0 Å². The maximum Gasteiger partial charge on any atom is 0.307 e. The number of hydrogen-bond acceptors (Lipinski definition) is 5. The fourth-order valence-electron chi connectivity index (χ4n) is 1.34. The van der Waals surface area contributed by atoms with Gasteiger partial charge in [-0.25, -0.2) is 4.39 Å². The molecule has 0 spiro atoms. The van der Waals surface area contributed by atoms with Gasteiger partial charge >= 0.3 is 5.97 Å². The summed E-state index contributed by atoms with van der Waals surface area (Å²) in [6.45, 7) is 0. The van der Waals surface area contributed by atoms with Gasteiger partial charge < -0.3 is 15.6 Å². The molecule has 0 aromatic heterocycles. The molecule has 0 saturated heterocycles. The molecule has 0 heterocycles. The number of nitriles is 1. The van der Waals surface area contributed by atoms with Gasteiger partial charge in [-0.05, 0) is 12.1 Å². The van der Waals surface area contributed by atoms with Crippen LogP contribution >= 0.6 is 12.4 Å². The Morgan fingerprint density at radius 2 is 2.28 bits per heavy atom. The normalized spacial score (nSPS) is 11.0. The molecule has 0 radical (unpaired) electrons. The molecule has 0 amide bonds. The molecule has 0 aliphatic heterocycles. The number of carbonyl (C=O) groups excluding carboxylic acids is 1. The highest BCUT2D eigenvalue weighted by atomic mass is 35.5. The first kappa shape index (κ1) is 16.2.